The quantitative estimate of drug-likeness (QED) is 0.600. The normalized spacial score (nSPS) is 13.1. The van der Waals surface area contributed by atoms with E-state index >= 15 is 0 Å². The van der Waals surface area contributed by atoms with Gasteiger partial charge in [-0.25, -0.2) is 4.98 Å². The summed E-state index contributed by atoms with van der Waals surface area (Å²) < 4.78 is 0. The van der Waals surface area contributed by atoms with Crippen molar-refractivity contribution in [3.8, 4) is 11.3 Å². The minimum absolute atomic E-state index is 0.0225. The monoisotopic (exact) mass is 406 g/mol. The molecule has 2 heterocycles. The van der Waals surface area contributed by atoms with Gasteiger partial charge in [-0.05, 0) is 42.7 Å². The number of rotatable bonds is 8. The number of carbonyl (C=O) groups is 2. The number of anilines is 1. The molecule has 2 N–H and O–H groups in total. The minimum atomic E-state index is -0.0225. The van der Waals surface area contributed by atoms with Gasteiger partial charge in [0.25, 0.3) is 0 Å². The van der Waals surface area contributed by atoms with E-state index in [0.29, 0.717) is 19.4 Å². The number of thiazole rings is 1. The summed E-state index contributed by atoms with van der Waals surface area (Å²) in [6, 6.07) is 11.3. The maximum atomic E-state index is 12.2. The number of hydrogen-bond acceptors (Lipinski definition) is 5. The van der Waals surface area contributed by atoms with Crippen LogP contribution in [0.5, 0.6) is 0 Å². The fraction of sp³-hybridized carbons (Fsp3) is 0.273. The Morgan fingerprint density at radius 1 is 1.07 bits per heavy atom. The summed E-state index contributed by atoms with van der Waals surface area (Å²) in [5.74, 6) is 0.245. The van der Waals surface area contributed by atoms with Crippen molar-refractivity contribution in [2.45, 2.75) is 25.7 Å². The van der Waals surface area contributed by atoms with Gasteiger partial charge in [0.2, 0.25) is 11.8 Å². The fourth-order valence-electron chi connectivity index (χ4n) is 2.93. The number of pyridine rings is 1. The van der Waals surface area contributed by atoms with Gasteiger partial charge in [0, 0.05) is 47.9 Å². The van der Waals surface area contributed by atoms with Gasteiger partial charge in [0.05, 0.1) is 17.1 Å². The highest BCUT2D eigenvalue weighted by Crippen LogP contribution is 2.30. The molecule has 0 spiro atoms. The topological polar surface area (TPSA) is 84.0 Å². The Labute approximate surface area is 173 Å². The third kappa shape index (κ3) is 5.48. The van der Waals surface area contributed by atoms with Crippen molar-refractivity contribution in [1.82, 2.24) is 15.3 Å². The molecule has 1 saturated carbocycles. The molecular weight excluding hydrogens is 384 g/mol. The molecule has 2 aromatic heterocycles. The van der Waals surface area contributed by atoms with E-state index in [1.54, 1.807) is 23.7 Å². The first-order chi connectivity index (χ1) is 14.2. The molecule has 4 rings (SSSR count). The lowest BCUT2D eigenvalue weighted by Crippen LogP contribution is -2.27. The number of benzene rings is 1. The largest absolute Gasteiger partial charge is 0.355 e. The van der Waals surface area contributed by atoms with Crippen LogP contribution >= 0.6 is 11.3 Å². The van der Waals surface area contributed by atoms with Crippen LogP contribution in [-0.4, -0.2) is 28.3 Å². The summed E-state index contributed by atoms with van der Waals surface area (Å²) in [6.45, 7) is 0.553. The maximum Gasteiger partial charge on any atom is 0.227 e. The van der Waals surface area contributed by atoms with Gasteiger partial charge in [-0.1, -0.05) is 12.1 Å². The Bertz CT molecular complexity index is 982. The standard InChI is InChI=1S/C22H22N4O2S/c27-20(13-15-1-5-18(6-2-15)25-22(28)17-3-4-17)24-12-9-21-26-19(14-29-21)16-7-10-23-11-8-16/h1-2,5-8,10-11,14,17H,3-4,9,12-13H2,(H,24,27)(H,25,28). The van der Waals surface area contributed by atoms with Gasteiger partial charge in [-0.15, -0.1) is 11.3 Å². The van der Waals surface area contributed by atoms with E-state index in [-0.39, 0.29) is 17.7 Å². The summed E-state index contributed by atoms with van der Waals surface area (Å²) in [6.07, 6.45) is 6.49. The maximum absolute atomic E-state index is 12.2. The number of carbonyl (C=O) groups excluding carboxylic acids is 2. The average Bonchev–Trinajstić information content (AvgIpc) is 3.49. The van der Waals surface area contributed by atoms with E-state index in [0.717, 1.165) is 40.4 Å². The lowest BCUT2D eigenvalue weighted by Gasteiger charge is -2.07. The van der Waals surface area contributed by atoms with Gasteiger partial charge in [0.15, 0.2) is 0 Å². The third-order valence-corrected chi connectivity index (χ3v) is 5.63. The molecule has 6 nitrogen and oxygen atoms in total. The van der Waals surface area contributed by atoms with E-state index in [1.807, 2.05) is 41.8 Å². The molecule has 0 saturated heterocycles. The second-order valence-electron chi connectivity index (χ2n) is 7.10. The van der Waals surface area contributed by atoms with Gasteiger partial charge in [0.1, 0.15) is 0 Å². The highest BCUT2D eigenvalue weighted by molar-refractivity contribution is 7.09. The van der Waals surface area contributed by atoms with Gasteiger partial charge < -0.3 is 10.6 Å². The van der Waals surface area contributed by atoms with Crippen molar-refractivity contribution < 1.29 is 9.59 Å². The molecule has 0 radical (unpaired) electrons. The van der Waals surface area contributed by atoms with E-state index in [4.69, 9.17) is 0 Å². The molecule has 1 aromatic carbocycles. The summed E-state index contributed by atoms with van der Waals surface area (Å²) in [5.41, 5.74) is 3.68. The number of nitrogens with zero attached hydrogens (tertiary/aromatic N) is 2. The van der Waals surface area contributed by atoms with E-state index < -0.39 is 0 Å². The molecule has 2 amide bonds. The molecule has 7 heteroatoms. The zero-order valence-electron chi connectivity index (χ0n) is 15.9. The van der Waals surface area contributed by atoms with Gasteiger partial charge >= 0.3 is 0 Å². The minimum Gasteiger partial charge on any atom is -0.355 e. The molecule has 148 valence electrons. The van der Waals surface area contributed by atoms with Gasteiger partial charge in [-0.2, -0.15) is 0 Å². The third-order valence-electron chi connectivity index (χ3n) is 4.72. The molecule has 0 atom stereocenters. The number of aromatic nitrogens is 2. The summed E-state index contributed by atoms with van der Waals surface area (Å²) in [4.78, 5) is 32.6. The van der Waals surface area contributed by atoms with Crippen molar-refractivity contribution in [2.24, 2.45) is 5.92 Å². The highest BCUT2D eigenvalue weighted by atomic mass is 32.1. The first kappa shape index (κ1) is 19.3. The molecule has 3 aromatic rings. The van der Waals surface area contributed by atoms with Gasteiger partial charge in [-0.3, -0.25) is 14.6 Å². The van der Waals surface area contributed by atoms with Crippen molar-refractivity contribution in [3.63, 3.8) is 0 Å². The number of hydrogen-bond donors (Lipinski definition) is 2. The predicted octanol–water partition coefficient (Wildman–Crippen LogP) is 3.46. The summed E-state index contributed by atoms with van der Waals surface area (Å²) in [5, 5.41) is 8.87. The molecule has 1 aliphatic carbocycles. The van der Waals surface area contributed by atoms with Crippen LogP contribution in [0.15, 0.2) is 54.2 Å². The number of amides is 2. The Morgan fingerprint density at radius 2 is 1.83 bits per heavy atom. The molecule has 1 aliphatic rings. The van der Waals surface area contributed by atoms with Crippen LogP contribution in [0.1, 0.15) is 23.4 Å². The highest BCUT2D eigenvalue weighted by Gasteiger charge is 2.29. The Kier molecular flexibility index (Phi) is 5.95. The summed E-state index contributed by atoms with van der Waals surface area (Å²) in [7, 11) is 0. The van der Waals surface area contributed by atoms with E-state index in [2.05, 4.69) is 20.6 Å². The first-order valence-electron chi connectivity index (χ1n) is 9.69. The number of nitrogens with one attached hydrogen (secondary N) is 2. The molecule has 0 aliphatic heterocycles. The van der Waals surface area contributed by atoms with Crippen molar-refractivity contribution in [3.05, 3.63) is 64.7 Å². The van der Waals surface area contributed by atoms with Crippen LogP contribution in [0.4, 0.5) is 5.69 Å². The molecule has 29 heavy (non-hydrogen) atoms. The first-order valence-corrected chi connectivity index (χ1v) is 10.6. The Morgan fingerprint density at radius 3 is 2.55 bits per heavy atom. The molecule has 0 bridgehead atoms. The van der Waals surface area contributed by atoms with E-state index in [9.17, 15) is 9.59 Å². The Balaban J connectivity index is 1.21. The SMILES string of the molecule is O=C(Cc1ccc(NC(=O)C2CC2)cc1)NCCc1nc(-c2ccncc2)cs1. The van der Waals surface area contributed by atoms with E-state index in [1.165, 1.54) is 0 Å². The second-order valence-corrected chi connectivity index (χ2v) is 8.04. The zero-order chi connectivity index (χ0) is 20.1. The van der Waals surface area contributed by atoms with Crippen molar-refractivity contribution >= 4 is 28.8 Å². The fourth-order valence-corrected chi connectivity index (χ4v) is 3.74. The lowest BCUT2D eigenvalue weighted by atomic mass is 10.1. The van der Waals surface area contributed by atoms with Crippen LogP contribution in [0, 0.1) is 5.92 Å². The van der Waals surface area contributed by atoms with Crippen LogP contribution in [-0.2, 0) is 22.4 Å². The van der Waals surface area contributed by atoms with Crippen LogP contribution in [0.25, 0.3) is 11.3 Å². The molecular formula is C22H22N4O2S. The molecule has 0 unspecified atom stereocenters. The van der Waals surface area contributed by atoms with Crippen LogP contribution in [0.2, 0.25) is 0 Å². The average molecular weight is 407 g/mol. The van der Waals surface area contributed by atoms with Crippen LogP contribution in [0.3, 0.4) is 0 Å². The summed E-state index contributed by atoms with van der Waals surface area (Å²) >= 11 is 1.60. The zero-order valence-corrected chi connectivity index (χ0v) is 16.7. The Hall–Kier alpha value is -3.06. The van der Waals surface area contributed by atoms with Crippen molar-refractivity contribution in [1.29, 1.82) is 0 Å². The smallest absolute Gasteiger partial charge is 0.227 e. The lowest BCUT2D eigenvalue weighted by molar-refractivity contribution is -0.120. The van der Waals surface area contributed by atoms with Crippen molar-refractivity contribution in [2.75, 3.05) is 11.9 Å². The predicted molar refractivity (Wildman–Crippen MR) is 114 cm³/mol. The van der Waals surface area contributed by atoms with Crippen LogP contribution < -0.4 is 10.6 Å². The molecule has 1 fully saturated rings. The second kappa shape index (κ2) is 8.96.